The van der Waals surface area contributed by atoms with Gasteiger partial charge in [0.1, 0.15) is 5.65 Å². The summed E-state index contributed by atoms with van der Waals surface area (Å²) in [5.74, 6) is 0. The number of pyridine rings is 1. The zero-order valence-electron chi connectivity index (χ0n) is 17.8. The van der Waals surface area contributed by atoms with Crippen LogP contribution in [0.2, 0.25) is 0 Å². The van der Waals surface area contributed by atoms with E-state index in [2.05, 4.69) is 19.8 Å². The van der Waals surface area contributed by atoms with Gasteiger partial charge in [0.2, 0.25) is 0 Å². The van der Waals surface area contributed by atoms with Gasteiger partial charge in [0.25, 0.3) is 11.1 Å². The molecule has 0 saturated carbocycles. The Morgan fingerprint density at radius 1 is 1.00 bits per heavy atom. The summed E-state index contributed by atoms with van der Waals surface area (Å²) in [5, 5.41) is 0.532. The Balaban J connectivity index is 1.30. The molecule has 1 fully saturated rings. The number of hydrogen-bond acceptors (Lipinski definition) is 6. The monoisotopic (exact) mass is 432 g/mol. The van der Waals surface area contributed by atoms with Gasteiger partial charge in [0.05, 0.1) is 10.9 Å². The van der Waals surface area contributed by atoms with Gasteiger partial charge in [-0.2, -0.15) is 0 Å². The topological polar surface area (TPSA) is 95.7 Å². The van der Waals surface area contributed by atoms with E-state index in [1.54, 1.807) is 23.6 Å². The minimum Gasteiger partial charge on any atom is -0.369 e. The summed E-state index contributed by atoms with van der Waals surface area (Å²) in [6, 6.07) is 11.0. The van der Waals surface area contributed by atoms with E-state index in [-0.39, 0.29) is 16.8 Å². The minimum absolute atomic E-state index is 0.0864. The fourth-order valence-corrected chi connectivity index (χ4v) is 4.33. The van der Waals surface area contributed by atoms with E-state index >= 15 is 0 Å². The highest BCUT2D eigenvalue weighted by Gasteiger charge is 2.18. The van der Waals surface area contributed by atoms with E-state index < -0.39 is 0 Å². The van der Waals surface area contributed by atoms with Crippen LogP contribution in [0.3, 0.4) is 0 Å². The maximum atomic E-state index is 12.5. The number of nitrogens with zero attached hydrogens (tertiary/aromatic N) is 5. The number of piperazine rings is 1. The van der Waals surface area contributed by atoms with Crippen LogP contribution in [0.15, 0.2) is 63.2 Å². The number of anilines is 1. The van der Waals surface area contributed by atoms with Gasteiger partial charge in [0, 0.05) is 69.5 Å². The van der Waals surface area contributed by atoms with Gasteiger partial charge in [-0.05, 0) is 30.7 Å². The SMILES string of the molecule is CCn1c(=O)[nH]c2cc(CN3CCN(c4ccn5c(=O)ccnc5c4)CC3)ccc2c1=O. The smallest absolute Gasteiger partial charge is 0.328 e. The number of rotatable bonds is 4. The van der Waals surface area contributed by atoms with E-state index in [9.17, 15) is 14.4 Å². The van der Waals surface area contributed by atoms with Crippen molar-refractivity contribution >= 4 is 22.2 Å². The number of nitrogens with one attached hydrogen (secondary N) is 1. The fourth-order valence-electron chi connectivity index (χ4n) is 4.33. The molecule has 32 heavy (non-hydrogen) atoms. The van der Waals surface area contributed by atoms with Gasteiger partial charge < -0.3 is 9.88 Å². The van der Waals surface area contributed by atoms with E-state index in [0.717, 1.165) is 44.0 Å². The van der Waals surface area contributed by atoms with Gasteiger partial charge in [-0.1, -0.05) is 6.07 Å². The molecule has 4 aromatic rings. The van der Waals surface area contributed by atoms with Crippen LogP contribution in [-0.2, 0) is 13.1 Å². The van der Waals surface area contributed by atoms with Crippen LogP contribution in [0.5, 0.6) is 0 Å². The van der Waals surface area contributed by atoms with Gasteiger partial charge in [0.15, 0.2) is 0 Å². The summed E-state index contributed by atoms with van der Waals surface area (Å²) >= 11 is 0. The number of H-pyrrole nitrogens is 1. The normalized spacial score (nSPS) is 15.0. The summed E-state index contributed by atoms with van der Waals surface area (Å²) < 4.78 is 2.75. The van der Waals surface area contributed by atoms with Crippen LogP contribution in [0, 0.1) is 0 Å². The molecule has 0 unspecified atom stereocenters. The van der Waals surface area contributed by atoms with Crippen molar-refractivity contribution in [1.29, 1.82) is 0 Å². The van der Waals surface area contributed by atoms with Crippen LogP contribution in [0.25, 0.3) is 16.6 Å². The van der Waals surface area contributed by atoms with Crippen LogP contribution in [-0.4, -0.2) is 50.0 Å². The number of aromatic nitrogens is 4. The number of hydrogen-bond donors (Lipinski definition) is 1. The standard InChI is InChI=1S/C23H24N6O3/c1-2-28-22(31)18-4-3-16(13-19(18)25-23(28)32)15-26-9-11-27(12-10-26)17-6-8-29-20(14-17)24-7-5-21(29)30/h3-8,13-14H,2,9-12,15H2,1H3,(H,25,32). The molecule has 0 aliphatic carbocycles. The van der Waals surface area contributed by atoms with E-state index in [4.69, 9.17) is 0 Å². The number of fused-ring (bicyclic) bond motifs is 2. The highest BCUT2D eigenvalue weighted by Crippen LogP contribution is 2.19. The summed E-state index contributed by atoms with van der Waals surface area (Å²) in [6.07, 6.45) is 3.31. The molecule has 9 nitrogen and oxygen atoms in total. The van der Waals surface area contributed by atoms with Gasteiger partial charge in [-0.15, -0.1) is 0 Å². The molecule has 4 heterocycles. The molecule has 1 aliphatic heterocycles. The Bertz CT molecular complexity index is 1480. The third kappa shape index (κ3) is 3.60. The van der Waals surface area contributed by atoms with Crippen molar-refractivity contribution in [1.82, 2.24) is 23.8 Å². The van der Waals surface area contributed by atoms with Crippen molar-refractivity contribution in [2.45, 2.75) is 20.0 Å². The molecule has 1 aliphatic rings. The van der Waals surface area contributed by atoms with Crippen molar-refractivity contribution in [2.75, 3.05) is 31.1 Å². The second kappa shape index (κ2) is 8.08. The average Bonchev–Trinajstić information content (AvgIpc) is 2.80. The molecule has 9 heteroatoms. The molecule has 1 N–H and O–H groups in total. The van der Waals surface area contributed by atoms with Gasteiger partial charge in [-0.3, -0.25) is 23.5 Å². The molecule has 164 valence electrons. The van der Waals surface area contributed by atoms with Crippen molar-refractivity contribution in [3.05, 3.63) is 85.5 Å². The highest BCUT2D eigenvalue weighted by molar-refractivity contribution is 5.78. The van der Waals surface area contributed by atoms with Crippen molar-refractivity contribution in [3.8, 4) is 0 Å². The zero-order chi connectivity index (χ0) is 22.2. The van der Waals surface area contributed by atoms with E-state index in [0.29, 0.717) is 23.1 Å². The first kappa shape index (κ1) is 20.2. The third-order valence-electron chi connectivity index (χ3n) is 6.09. The Hall–Kier alpha value is -3.72. The summed E-state index contributed by atoms with van der Waals surface area (Å²) in [5.41, 5.74) is 2.63. The number of benzene rings is 1. The van der Waals surface area contributed by atoms with E-state index in [1.165, 1.54) is 16.8 Å². The van der Waals surface area contributed by atoms with Crippen LogP contribution >= 0.6 is 0 Å². The highest BCUT2D eigenvalue weighted by atomic mass is 16.2. The van der Waals surface area contributed by atoms with Crippen LogP contribution in [0.4, 0.5) is 5.69 Å². The predicted octanol–water partition coefficient (Wildman–Crippen LogP) is 1.04. The fraction of sp³-hybridized carbons (Fsp3) is 0.304. The molecule has 3 aromatic heterocycles. The maximum absolute atomic E-state index is 12.5. The molecular weight excluding hydrogens is 408 g/mol. The molecule has 1 aromatic carbocycles. The quantitative estimate of drug-likeness (QED) is 0.518. The summed E-state index contributed by atoms with van der Waals surface area (Å²) in [7, 11) is 0. The van der Waals surface area contributed by atoms with Crippen molar-refractivity contribution in [3.63, 3.8) is 0 Å². The second-order valence-corrected chi connectivity index (χ2v) is 8.02. The van der Waals surface area contributed by atoms with Crippen LogP contribution < -0.4 is 21.7 Å². The Kier molecular flexibility index (Phi) is 5.10. The Morgan fingerprint density at radius 3 is 2.59 bits per heavy atom. The lowest BCUT2D eigenvalue weighted by Crippen LogP contribution is -2.46. The third-order valence-corrected chi connectivity index (χ3v) is 6.09. The summed E-state index contributed by atoms with van der Waals surface area (Å²) in [4.78, 5) is 48.2. The minimum atomic E-state index is -0.372. The Labute approximate surface area is 183 Å². The van der Waals surface area contributed by atoms with Crippen LogP contribution in [0.1, 0.15) is 12.5 Å². The predicted molar refractivity (Wildman–Crippen MR) is 123 cm³/mol. The first-order valence-electron chi connectivity index (χ1n) is 10.7. The lowest BCUT2D eigenvalue weighted by atomic mass is 10.1. The summed E-state index contributed by atoms with van der Waals surface area (Å²) in [6.45, 7) is 6.36. The molecule has 5 rings (SSSR count). The van der Waals surface area contributed by atoms with Gasteiger partial charge in [-0.25, -0.2) is 9.78 Å². The average molecular weight is 432 g/mol. The van der Waals surface area contributed by atoms with Crippen molar-refractivity contribution in [2.24, 2.45) is 0 Å². The zero-order valence-corrected chi connectivity index (χ0v) is 17.8. The molecule has 0 amide bonds. The molecule has 0 radical (unpaired) electrons. The number of aromatic amines is 1. The van der Waals surface area contributed by atoms with Crippen molar-refractivity contribution < 1.29 is 0 Å². The largest absolute Gasteiger partial charge is 0.369 e. The van der Waals surface area contributed by atoms with Gasteiger partial charge >= 0.3 is 5.69 Å². The lowest BCUT2D eigenvalue weighted by molar-refractivity contribution is 0.250. The molecule has 1 saturated heterocycles. The maximum Gasteiger partial charge on any atom is 0.328 e. The first-order valence-corrected chi connectivity index (χ1v) is 10.7. The molecule has 0 spiro atoms. The van der Waals surface area contributed by atoms with E-state index in [1.807, 2.05) is 24.3 Å². The second-order valence-electron chi connectivity index (χ2n) is 8.02. The first-order chi connectivity index (χ1) is 15.5. The Morgan fingerprint density at radius 2 is 1.81 bits per heavy atom. The molecule has 0 bridgehead atoms. The molecule has 0 atom stereocenters. The lowest BCUT2D eigenvalue weighted by Gasteiger charge is -2.36. The molecular formula is C23H24N6O3.